The van der Waals surface area contributed by atoms with Gasteiger partial charge in [-0.2, -0.15) is 0 Å². The molecule has 0 radical (unpaired) electrons. The molecule has 0 N–H and O–H groups in total. The summed E-state index contributed by atoms with van der Waals surface area (Å²) in [5.74, 6) is -0.434. The van der Waals surface area contributed by atoms with Gasteiger partial charge in [0, 0.05) is 24.0 Å². The molecular weight excluding hydrogens is 310 g/mol. The van der Waals surface area contributed by atoms with Crippen molar-refractivity contribution in [2.45, 2.75) is 19.8 Å². The van der Waals surface area contributed by atoms with Gasteiger partial charge in [0.15, 0.2) is 0 Å². The Morgan fingerprint density at radius 2 is 2.08 bits per heavy atom. The third-order valence-electron chi connectivity index (χ3n) is 4.03. The molecule has 0 amide bonds. The molecule has 7 nitrogen and oxygen atoms in total. The molecule has 0 fully saturated rings. The second-order valence-corrected chi connectivity index (χ2v) is 6.18. The highest BCUT2D eigenvalue weighted by molar-refractivity contribution is 5.95. The zero-order chi connectivity index (χ0) is 17.7. The maximum Gasteiger partial charge on any atom is 0.294 e. The van der Waals surface area contributed by atoms with E-state index < -0.39 is 5.09 Å². The van der Waals surface area contributed by atoms with E-state index in [0.29, 0.717) is 6.42 Å². The molecule has 0 saturated carbocycles. The van der Waals surface area contributed by atoms with E-state index in [9.17, 15) is 14.9 Å². The zero-order valence-electron chi connectivity index (χ0n) is 14.3. The van der Waals surface area contributed by atoms with Crippen molar-refractivity contribution in [1.82, 2.24) is 9.47 Å². The molecule has 1 atom stereocenters. The Morgan fingerprint density at radius 3 is 2.75 bits per heavy atom. The van der Waals surface area contributed by atoms with E-state index in [1.54, 1.807) is 11.5 Å². The average molecular weight is 333 g/mol. The molecule has 0 aliphatic carbocycles. The number of rotatable bonds is 8. The Kier molecular flexibility index (Phi) is 5.92. The second-order valence-electron chi connectivity index (χ2n) is 6.18. The van der Waals surface area contributed by atoms with Crippen molar-refractivity contribution in [3.8, 4) is 0 Å². The Bertz CT molecular complexity index is 724. The van der Waals surface area contributed by atoms with Crippen molar-refractivity contribution in [3.05, 3.63) is 46.1 Å². The van der Waals surface area contributed by atoms with Crippen molar-refractivity contribution in [1.29, 1.82) is 0 Å². The van der Waals surface area contributed by atoms with Gasteiger partial charge in [0.2, 0.25) is 5.91 Å². The van der Waals surface area contributed by atoms with Gasteiger partial charge < -0.3 is 9.74 Å². The molecule has 0 aliphatic heterocycles. The van der Waals surface area contributed by atoms with Crippen molar-refractivity contribution in [2.75, 3.05) is 27.2 Å². The molecule has 0 bridgehead atoms. The van der Waals surface area contributed by atoms with Gasteiger partial charge in [-0.15, -0.1) is 10.1 Å². The van der Waals surface area contributed by atoms with Gasteiger partial charge >= 0.3 is 0 Å². The standard InChI is InChI=1S/C17H23N3O4/c1-13(9-11-24-20(22)23)17(21)19-12-14(8-10-18(2)3)15-6-4-5-7-16(15)19/h4-7,12-13H,8-11H2,1-3H3. The maximum atomic E-state index is 12.7. The van der Waals surface area contributed by atoms with Crippen LogP contribution in [0.15, 0.2) is 30.5 Å². The van der Waals surface area contributed by atoms with Crippen LogP contribution < -0.4 is 0 Å². The fraction of sp³-hybridized carbons (Fsp3) is 0.471. The lowest BCUT2D eigenvalue weighted by atomic mass is 10.1. The first-order valence-electron chi connectivity index (χ1n) is 7.95. The van der Waals surface area contributed by atoms with Crippen LogP contribution in [0.4, 0.5) is 0 Å². The molecular formula is C17H23N3O4. The van der Waals surface area contributed by atoms with Crippen LogP contribution in [0.1, 0.15) is 23.7 Å². The van der Waals surface area contributed by atoms with Gasteiger partial charge in [0.1, 0.15) is 0 Å². The number of aromatic nitrogens is 1. The molecule has 1 heterocycles. The monoisotopic (exact) mass is 333 g/mol. The minimum absolute atomic E-state index is 0.0748. The van der Waals surface area contributed by atoms with Gasteiger partial charge in [0.25, 0.3) is 5.09 Å². The number of likely N-dealkylation sites (N-methyl/N-ethyl adjacent to an activating group) is 1. The topological polar surface area (TPSA) is 77.6 Å². The van der Waals surface area contributed by atoms with Crippen LogP contribution in [0.5, 0.6) is 0 Å². The van der Waals surface area contributed by atoms with Crippen molar-refractivity contribution < 1.29 is 14.7 Å². The molecule has 0 aliphatic rings. The molecule has 2 rings (SSSR count). The highest BCUT2D eigenvalue weighted by atomic mass is 16.9. The van der Waals surface area contributed by atoms with Crippen LogP contribution in [-0.4, -0.2) is 47.7 Å². The smallest absolute Gasteiger partial charge is 0.294 e. The predicted molar refractivity (Wildman–Crippen MR) is 91.5 cm³/mol. The SMILES string of the molecule is CC(CCO[N+](=O)[O-])C(=O)n1cc(CCN(C)C)c2ccccc21. The van der Waals surface area contributed by atoms with E-state index in [4.69, 9.17) is 0 Å². The lowest BCUT2D eigenvalue weighted by Crippen LogP contribution is -2.20. The molecule has 1 unspecified atom stereocenters. The second kappa shape index (κ2) is 7.92. The first kappa shape index (κ1) is 17.9. The summed E-state index contributed by atoms with van der Waals surface area (Å²) < 4.78 is 1.66. The summed E-state index contributed by atoms with van der Waals surface area (Å²) in [5.41, 5.74) is 2.00. The van der Waals surface area contributed by atoms with Gasteiger partial charge in [-0.25, -0.2) is 0 Å². The minimum Gasteiger partial charge on any atom is -0.314 e. The highest BCUT2D eigenvalue weighted by Gasteiger charge is 2.19. The summed E-state index contributed by atoms with van der Waals surface area (Å²) in [6.07, 6.45) is 3.05. The van der Waals surface area contributed by atoms with E-state index in [-0.39, 0.29) is 18.4 Å². The van der Waals surface area contributed by atoms with E-state index in [0.717, 1.165) is 29.4 Å². The molecule has 130 valence electrons. The van der Waals surface area contributed by atoms with Crippen LogP contribution >= 0.6 is 0 Å². The minimum atomic E-state index is -0.832. The first-order valence-corrected chi connectivity index (χ1v) is 7.95. The fourth-order valence-corrected chi connectivity index (χ4v) is 2.64. The summed E-state index contributed by atoms with van der Waals surface area (Å²) >= 11 is 0. The van der Waals surface area contributed by atoms with Crippen LogP contribution in [0.3, 0.4) is 0 Å². The Labute approximate surface area is 140 Å². The number of carbonyl (C=O) groups excluding carboxylic acids is 1. The number of hydrogen-bond acceptors (Lipinski definition) is 5. The normalized spacial score (nSPS) is 12.5. The number of carbonyl (C=O) groups is 1. The summed E-state index contributed by atoms with van der Waals surface area (Å²) in [6.45, 7) is 2.58. The van der Waals surface area contributed by atoms with Crippen molar-refractivity contribution >= 4 is 16.8 Å². The van der Waals surface area contributed by atoms with Crippen LogP contribution in [0.2, 0.25) is 0 Å². The van der Waals surface area contributed by atoms with Crippen LogP contribution in [0.25, 0.3) is 10.9 Å². The lowest BCUT2D eigenvalue weighted by molar-refractivity contribution is -0.758. The fourth-order valence-electron chi connectivity index (χ4n) is 2.64. The zero-order valence-corrected chi connectivity index (χ0v) is 14.3. The average Bonchev–Trinajstić information content (AvgIpc) is 2.90. The van der Waals surface area contributed by atoms with Gasteiger partial charge in [-0.1, -0.05) is 25.1 Å². The summed E-state index contributed by atoms with van der Waals surface area (Å²) in [5, 5.41) is 10.5. The molecule has 24 heavy (non-hydrogen) atoms. The molecule has 1 aromatic heterocycles. The number of fused-ring (bicyclic) bond motifs is 1. The molecule has 2 aromatic rings. The Balaban J connectivity index is 2.21. The van der Waals surface area contributed by atoms with Gasteiger partial charge in [-0.05, 0) is 38.6 Å². The maximum absolute atomic E-state index is 12.7. The van der Waals surface area contributed by atoms with Gasteiger partial charge in [-0.3, -0.25) is 9.36 Å². The third kappa shape index (κ3) is 4.32. The Morgan fingerprint density at radius 1 is 1.38 bits per heavy atom. The first-order chi connectivity index (χ1) is 11.4. The number of para-hydroxylation sites is 1. The predicted octanol–water partition coefficient (Wildman–Crippen LogP) is 2.62. The molecule has 0 spiro atoms. The summed E-state index contributed by atoms with van der Waals surface area (Å²) in [6, 6.07) is 7.81. The van der Waals surface area contributed by atoms with Crippen LogP contribution in [0, 0.1) is 16.0 Å². The van der Waals surface area contributed by atoms with E-state index in [2.05, 4.69) is 9.74 Å². The Hall–Kier alpha value is -2.41. The van der Waals surface area contributed by atoms with E-state index in [1.807, 2.05) is 44.6 Å². The van der Waals surface area contributed by atoms with Crippen molar-refractivity contribution in [2.24, 2.45) is 5.92 Å². The van der Waals surface area contributed by atoms with Crippen LogP contribution in [-0.2, 0) is 11.3 Å². The molecule has 1 aromatic carbocycles. The lowest BCUT2D eigenvalue weighted by Gasteiger charge is -2.11. The number of hydrogen-bond donors (Lipinski definition) is 0. The third-order valence-corrected chi connectivity index (χ3v) is 4.03. The number of benzene rings is 1. The molecule has 0 saturated heterocycles. The van der Waals surface area contributed by atoms with E-state index in [1.165, 1.54) is 0 Å². The molecule has 7 heteroatoms. The summed E-state index contributed by atoms with van der Waals surface area (Å²) in [7, 11) is 4.03. The van der Waals surface area contributed by atoms with E-state index >= 15 is 0 Å². The highest BCUT2D eigenvalue weighted by Crippen LogP contribution is 2.23. The summed E-state index contributed by atoms with van der Waals surface area (Å²) in [4.78, 5) is 29.3. The van der Waals surface area contributed by atoms with Gasteiger partial charge in [0.05, 0.1) is 12.1 Å². The number of nitrogens with zero attached hydrogens (tertiary/aromatic N) is 3. The van der Waals surface area contributed by atoms with Crippen molar-refractivity contribution in [3.63, 3.8) is 0 Å². The largest absolute Gasteiger partial charge is 0.314 e. The quantitative estimate of drug-likeness (QED) is 0.548.